The zero-order valence-electron chi connectivity index (χ0n) is 23.3. The lowest BCUT2D eigenvalue weighted by Gasteiger charge is -2.33. The lowest BCUT2D eigenvalue weighted by atomic mass is 9.88. The molecule has 0 saturated carbocycles. The van der Waals surface area contributed by atoms with Crippen LogP contribution in [0.1, 0.15) is 56.5 Å². The van der Waals surface area contributed by atoms with E-state index in [4.69, 9.17) is 20.4 Å². The van der Waals surface area contributed by atoms with Crippen LogP contribution in [0.3, 0.4) is 0 Å². The number of carbonyl (C=O) groups is 1. The molecule has 1 aromatic heterocycles. The average Bonchev–Trinajstić information content (AvgIpc) is 3.30. The number of benzene rings is 1. The fourth-order valence-electron chi connectivity index (χ4n) is 5.90. The van der Waals surface area contributed by atoms with Gasteiger partial charge in [0.15, 0.2) is 0 Å². The summed E-state index contributed by atoms with van der Waals surface area (Å²) in [6, 6.07) is 10.3. The van der Waals surface area contributed by atoms with Crippen LogP contribution >= 0.6 is 0 Å². The number of hydrogen-bond acceptors (Lipinski definition) is 7. The second-order valence-electron chi connectivity index (χ2n) is 10.4. The van der Waals surface area contributed by atoms with E-state index in [1.54, 1.807) is 0 Å². The Kier molecular flexibility index (Phi) is 8.43. The molecule has 5 rings (SSSR count). The summed E-state index contributed by atoms with van der Waals surface area (Å²) in [6.07, 6.45) is 10.7. The molecular formula is C31H40N6O2. The van der Waals surface area contributed by atoms with Crippen molar-refractivity contribution in [1.82, 2.24) is 14.9 Å². The first kappa shape index (κ1) is 27.1. The highest BCUT2D eigenvalue weighted by molar-refractivity contribution is 5.94. The van der Waals surface area contributed by atoms with Gasteiger partial charge in [-0.2, -0.15) is 4.98 Å². The molecule has 2 heterocycles. The lowest BCUT2D eigenvalue weighted by molar-refractivity contribution is -0.115. The Morgan fingerprint density at radius 2 is 2.00 bits per heavy atom. The van der Waals surface area contributed by atoms with Gasteiger partial charge in [-0.05, 0) is 44.8 Å². The van der Waals surface area contributed by atoms with Gasteiger partial charge in [0.05, 0.1) is 18.3 Å². The number of rotatable bonds is 11. The average molecular weight is 529 g/mol. The Morgan fingerprint density at radius 1 is 1.21 bits per heavy atom. The van der Waals surface area contributed by atoms with Crippen molar-refractivity contribution in [3.05, 3.63) is 82.7 Å². The number of fused-ring (bicyclic) bond motifs is 2. The Hall–Kier alpha value is -3.49. The van der Waals surface area contributed by atoms with Gasteiger partial charge < -0.3 is 25.6 Å². The molecule has 1 amide bonds. The fraction of sp³-hybridized carbons (Fsp3) is 0.452. The van der Waals surface area contributed by atoms with Crippen LogP contribution in [0.5, 0.6) is 0 Å². The van der Waals surface area contributed by atoms with Gasteiger partial charge in [0, 0.05) is 35.8 Å². The number of nitrogens with two attached hydrogens (primary N) is 1. The number of primary amides is 1. The van der Waals surface area contributed by atoms with E-state index in [1.165, 1.54) is 5.56 Å². The van der Waals surface area contributed by atoms with Crippen molar-refractivity contribution in [2.45, 2.75) is 58.7 Å². The van der Waals surface area contributed by atoms with Crippen LogP contribution in [-0.2, 0) is 22.5 Å². The number of amides is 1. The molecule has 3 atom stereocenters. The summed E-state index contributed by atoms with van der Waals surface area (Å²) in [4.78, 5) is 26.9. The van der Waals surface area contributed by atoms with Gasteiger partial charge in [0.2, 0.25) is 11.9 Å². The van der Waals surface area contributed by atoms with Gasteiger partial charge in [0.1, 0.15) is 11.9 Å². The summed E-state index contributed by atoms with van der Waals surface area (Å²) in [6.45, 7) is 10.7. The highest BCUT2D eigenvalue weighted by Gasteiger charge is 2.39. The molecule has 0 bridgehead atoms. The van der Waals surface area contributed by atoms with Gasteiger partial charge >= 0.3 is 0 Å². The van der Waals surface area contributed by atoms with Gasteiger partial charge in [-0.1, -0.05) is 68.5 Å². The third-order valence-electron chi connectivity index (χ3n) is 8.06. The molecule has 0 fully saturated rings. The normalized spacial score (nSPS) is 21.8. The van der Waals surface area contributed by atoms with E-state index in [2.05, 4.69) is 65.4 Å². The first-order valence-electron chi connectivity index (χ1n) is 14.2. The summed E-state index contributed by atoms with van der Waals surface area (Å²) in [5.74, 6) is 0.977. The van der Waals surface area contributed by atoms with Gasteiger partial charge in [-0.25, -0.2) is 4.98 Å². The predicted molar refractivity (Wildman–Crippen MR) is 155 cm³/mol. The van der Waals surface area contributed by atoms with E-state index in [1.807, 2.05) is 25.1 Å². The second-order valence-corrected chi connectivity index (χ2v) is 10.4. The second kappa shape index (κ2) is 12.1. The van der Waals surface area contributed by atoms with E-state index < -0.39 is 5.91 Å². The predicted octanol–water partition coefficient (Wildman–Crippen LogP) is 4.51. The van der Waals surface area contributed by atoms with E-state index in [0.717, 1.165) is 61.7 Å². The number of nitrogens with one attached hydrogen (secondary N) is 1. The van der Waals surface area contributed by atoms with E-state index in [-0.39, 0.29) is 18.1 Å². The first-order chi connectivity index (χ1) is 19.0. The van der Waals surface area contributed by atoms with Crippen molar-refractivity contribution in [2.24, 2.45) is 11.7 Å². The topological polar surface area (TPSA) is 96.6 Å². The minimum absolute atomic E-state index is 0.0750. The summed E-state index contributed by atoms with van der Waals surface area (Å²) in [5.41, 5.74) is 10.6. The molecule has 1 aliphatic heterocycles. The zero-order valence-corrected chi connectivity index (χ0v) is 23.3. The van der Waals surface area contributed by atoms with E-state index in [0.29, 0.717) is 24.7 Å². The zero-order chi connectivity index (χ0) is 27.4. The van der Waals surface area contributed by atoms with Gasteiger partial charge in [-0.15, -0.1) is 0 Å². The lowest BCUT2D eigenvalue weighted by Crippen LogP contribution is -2.38. The molecule has 2 aromatic rings. The number of allylic oxidation sites excluding steroid dienone is 3. The smallest absolute Gasteiger partial charge is 0.245 e. The number of aromatic nitrogens is 2. The minimum Gasteiger partial charge on any atom is -0.371 e. The molecule has 8 heteroatoms. The molecule has 0 saturated heterocycles. The molecule has 3 unspecified atom stereocenters. The van der Waals surface area contributed by atoms with Crippen LogP contribution in [0.15, 0.2) is 65.9 Å². The van der Waals surface area contributed by atoms with Crippen LogP contribution in [0.25, 0.3) is 0 Å². The largest absolute Gasteiger partial charge is 0.371 e. The van der Waals surface area contributed by atoms with Crippen LogP contribution in [0, 0.1) is 5.92 Å². The third kappa shape index (κ3) is 5.77. The number of carbonyl (C=O) groups excluding carboxylic acids is 1. The van der Waals surface area contributed by atoms with Crippen LogP contribution in [0.4, 0.5) is 11.8 Å². The number of hydrogen-bond donors (Lipinski definition) is 2. The van der Waals surface area contributed by atoms with Gasteiger partial charge in [-0.3, -0.25) is 4.79 Å². The Morgan fingerprint density at radius 3 is 2.74 bits per heavy atom. The number of nitrogens with zero attached hydrogens (tertiary/aromatic N) is 4. The van der Waals surface area contributed by atoms with E-state index in [9.17, 15) is 4.79 Å². The molecule has 2 aliphatic carbocycles. The Bertz CT molecular complexity index is 1270. The van der Waals surface area contributed by atoms with Crippen molar-refractivity contribution < 1.29 is 9.53 Å². The standard InChI is InChI=1S/C31H40N6O2/c1-4-36(5-2)17-18-39-27-16-10-14-24-28(27)34-31(35-30(24)33-20-22-11-7-6-8-12-22)37-21(3)19-25-23(29(32)38)13-9-15-26(25)37/h6-9,11-13,15,19,25-27H,4-5,10,14,16-18,20H2,1-3H3,(H2,32,38)(H,33,34,35). The molecule has 206 valence electrons. The quantitative estimate of drug-likeness (QED) is 0.443. The van der Waals surface area contributed by atoms with Crippen LogP contribution in [0.2, 0.25) is 0 Å². The molecule has 39 heavy (non-hydrogen) atoms. The minimum atomic E-state index is -0.390. The molecule has 0 spiro atoms. The van der Waals surface area contributed by atoms with Crippen molar-refractivity contribution in [3.8, 4) is 0 Å². The van der Waals surface area contributed by atoms with Gasteiger partial charge in [0.25, 0.3) is 0 Å². The first-order valence-corrected chi connectivity index (χ1v) is 14.2. The monoisotopic (exact) mass is 528 g/mol. The fourth-order valence-corrected chi connectivity index (χ4v) is 5.90. The number of anilines is 2. The summed E-state index contributed by atoms with van der Waals surface area (Å²) in [7, 11) is 0. The summed E-state index contributed by atoms with van der Waals surface area (Å²) < 4.78 is 6.48. The molecule has 0 radical (unpaired) electrons. The maximum atomic E-state index is 12.2. The summed E-state index contributed by atoms with van der Waals surface area (Å²) >= 11 is 0. The molecule has 8 nitrogen and oxygen atoms in total. The maximum Gasteiger partial charge on any atom is 0.245 e. The maximum absolute atomic E-state index is 12.2. The highest BCUT2D eigenvalue weighted by Crippen LogP contribution is 2.41. The summed E-state index contributed by atoms with van der Waals surface area (Å²) in [5, 5.41) is 3.62. The van der Waals surface area contributed by atoms with Crippen LogP contribution in [-0.4, -0.2) is 53.1 Å². The Balaban J connectivity index is 1.48. The SMILES string of the molecule is CCN(CC)CCOC1CCCc2c(NCc3ccccc3)nc(N3C(C)=CC4C(C(N)=O)=CC=CC43)nc21. The van der Waals surface area contributed by atoms with Crippen molar-refractivity contribution in [1.29, 1.82) is 0 Å². The Labute approximate surface area is 231 Å². The third-order valence-corrected chi connectivity index (χ3v) is 8.06. The molecule has 3 N–H and O–H groups in total. The van der Waals surface area contributed by atoms with Crippen molar-refractivity contribution in [2.75, 3.05) is 36.5 Å². The molecule has 3 aliphatic rings. The van der Waals surface area contributed by atoms with E-state index >= 15 is 0 Å². The number of likely N-dealkylation sites (N-methyl/N-ethyl adjacent to an activating group) is 1. The number of ether oxygens (including phenoxy) is 1. The molecular weight excluding hydrogens is 488 g/mol. The molecule has 1 aromatic carbocycles. The van der Waals surface area contributed by atoms with Crippen molar-refractivity contribution in [3.63, 3.8) is 0 Å². The highest BCUT2D eigenvalue weighted by atomic mass is 16.5. The van der Waals surface area contributed by atoms with Crippen molar-refractivity contribution >= 4 is 17.7 Å². The van der Waals surface area contributed by atoms with Crippen LogP contribution < -0.4 is 16.0 Å².